The normalized spacial score (nSPS) is 13.2. The SMILES string of the molecule is CNc1nc(-c2ccc(OC)cc2)nc2c1CCC2. The van der Waals surface area contributed by atoms with Crippen LogP contribution < -0.4 is 10.1 Å². The summed E-state index contributed by atoms with van der Waals surface area (Å²) in [6.07, 6.45) is 3.30. The number of ether oxygens (including phenoxy) is 1. The van der Waals surface area contributed by atoms with Crippen molar-refractivity contribution in [2.75, 3.05) is 19.5 Å². The van der Waals surface area contributed by atoms with Crippen molar-refractivity contribution in [3.8, 4) is 17.1 Å². The molecule has 4 heteroatoms. The highest BCUT2D eigenvalue weighted by molar-refractivity contribution is 5.61. The van der Waals surface area contributed by atoms with Crippen molar-refractivity contribution < 1.29 is 4.74 Å². The molecule has 1 N–H and O–H groups in total. The number of nitrogens with one attached hydrogen (secondary N) is 1. The average molecular weight is 255 g/mol. The molecule has 0 unspecified atom stereocenters. The molecule has 0 radical (unpaired) electrons. The maximum Gasteiger partial charge on any atom is 0.161 e. The van der Waals surface area contributed by atoms with Crippen LogP contribution in [-0.2, 0) is 12.8 Å². The zero-order valence-corrected chi connectivity index (χ0v) is 11.2. The van der Waals surface area contributed by atoms with E-state index in [0.29, 0.717) is 0 Å². The number of methoxy groups -OCH3 is 1. The lowest BCUT2D eigenvalue weighted by Gasteiger charge is -2.09. The molecule has 19 heavy (non-hydrogen) atoms. The number of fused-ring (bicyclic) bond motifs is 1. The van der Waals surface area contributed by atoms with Gasteiger partial charge in [0.2, 0.25) is 0 Å². The minimum absolute atomic E-state index is 0.785. The third-order valence-corrected chi connectivity index (χ3v) is 3.52. The minimum atomic E-state index is 0.785. The predicted molar refractivity (Wildman–Crippen MR) is 75.6 cm³/mol. The van der Waals surface area contributed by atoms with Gasteiger partial charge < -0.3 is 10.1 Å². The summed E-state index contributed by atoms with van der Waals surface area (Å²) in [5.41, 5.74) is 3.48. The van der Waals surface area contributed by atoms with Crippen LogP contribution in [0.2, 0.25) is 0 Å². The number of aryl methyl sites for hydroxylation is 1. The lowest BCUT2D eigenvalue weighted by Crippen LogP contribution is -2.03. The highest BCUT2D eigenvalue weighted by Crippen LogP contribution is 2.29. The van der Waals surface area contributed by atoms with E-state index in [-0.39, 0.29) is 0 Å². The van der Waals surface area contributed by atoms with Gasteiger partial charge in [-0.25, -0.2) is 9.97 Å². The molecule has 2 aromatic rings. The third-order valence-electron chi connectivity index (χ3n) is 3.52. The van der Waals surface area contributed by atoms with Crippen LogP contribution in [0.25, 0.3) is 11.4 Å². The quantitative estimate of drug-likeness (QED) is 0.916. The summed E-state index contributed by atoms with van der Waals surface area (Å²) in [4.78, 5) is 9.32. The Bertz CT molecular complexity index is 593. The van der Waals surface area contributed by atoms with E-state index in [1.165, 1.54) is 17.7 Å². The lowest BCUT2D eigenvalue weighted by atomic mass is 10.2. The maximum absolute atomic E-state index is 5.17. The van der Waals surface area contributed by atoms with Crippen LogP contribution in [0, 0.1) is 0 Å². The van der Waals surface area contributed by atoms with Crippen molar-refractivity contribution in [3.05, 3.63) is 35.5 Å². The summed E-state index contributed by atoms with van der Waals surface area (Å²) in [6.45, 7) is 0. The largest absolute Gasteiger partial charge is 0.497 e. The van der Waals surface area contributed by atoms with Gasteiger partial charge in [0.15, 0.2) is 5.82 Å². The van der Waals surface area contributed by atoms with E-state index in [1.807, 2.05) is 31.3 Å². The van der Waals surface area contributed by atoms with Crippen LogP contribution in [-0.4, -0.2) is 24.1 Å². The Hall–Kier alpha value is -2.10. The zero-order valence-electron chi connectivity index (χ0n) is 11.2. The molecule has 0 bridgehead atoms. The van der Waals surface area contributed by atoms with Gasteiger partial charge in [-0.2, -0.15) is 0 Å². The summed E-state index contributed by atoms with van der Waals surface area (Å²) in [5.74, 6) is 2.60. The van der Waals surface area contributed by atoms with Gasteiger partial charge in [-0.1, -0.05) is 0 Å². The average Bonchev–Trinajstić information content (AvgIpc) is 2.94. The Morgan fingerprint density at radius 1 is 1.11 bits per heavy atom. The van der Waals surface area contributed by atoms with Crippen LogP contribution in [0.5, 0.6) is 5.75 Å². The number of hydrogen-bond donors (Lipinski definition) is 1. The highest BCUT2D eigenvalue weighted by atomic mass is 16.5. The number of hydrogen-bond acceptors (Lipinski definition) is 4. The van der Waals surface area contributed by atoms with Gasteiger partial charge in [0.1, 0.15) is 11.6 Å². The molecular weight excluding hydrogens is 238 g/mol. The van der Waals surface area contributed by atoms with Gasteiger partial charge in [0, 0.05) is 23.9 Å². The second kappa shape index (κ2) is 4.88. The summed E-state index contributed by atoms with van der Waals surface area (Å²) in [5, 5.41) is 3.18. The smallest absolute Gasteiger partial charge is 0.161 e. The number of rotatable bonds is 3. The summed E-state index contributed by atoms with van der Waals surface area (Å²) in [7, 11) is 3.58. The number of anilines is 1. The second-order valence-electron chi connectivity index (χ2n) is 4.65. The van der Waals surface area contributed by atoms with Gasteiger partial charge in [0.25, 0.3) is 0 Å². The fraction of sp³-hybridized carbons (Fsp3) is 0.333. The summed E-state index contributed by atoms with van der Waals surface area (Å²) < 4.78 is 5.17. The molecule has 98 valence electrons. The molecule has 0 amide bonds. The van der Waals surface area contributed by atoms with E-state index in [1.54, 1.807) is 7.11 Å². The van der Waals surface area contributed by atoms with Crippen LogP contribution in [0.15, 0.2) is 24.3 Å². The van der Waals surface area contributed by atoms with Gasteiger partial charge in [-0.05, 0) is 43.5 Å². The Balaban J connectivity index is 2.04. The summed E-state index contributed by atoms with van der Waals surface area (Å²) in [6, 6.07) is 7.86. The summed E-state index contributed by atoms with van der Waals surface area (Å²) >= 11 is 0. The lowest BCUT2D eigenvalue weighted by molar-refractivity contribution is 0.415. The highest BCUT2D eigenvalue weighted by Gasteiger charge is 2.19. The molecule has 4 nitrogen and oxygen atoms in total. The van der Waals surface area contributed by atoms with Crippen LogP contribution in [0.4, 0.5) is 5.82 Å². The van der Waals surface area contributed by atoms with Crippen molar-refractivity contribution in [2.45, 2.75) is 19.3 Å². The first kappa shape index (κ1) is 12.0. The van der Waals surface area contributed by atoms with E-state index >= 15 is 0 Å². The number of benzene rings is 1. The van der Waals surface area contributed by atoms with E-state index in [4.69, 9.17) is 9.72 Å². The Morgan fingerprint density at radius 3 is 2.58 bits per heavy atom. The van der Waals surface area contributed by atoms with Crippen molar-refractivity contribution in [2.24, 2.45) is 0 Å². The monoisotopic (exact) mass is 255 g/mol. The molecule has 1 aliphatic carbocycles. The number of nitrogens with zero attached hydrogens (tertiary/aromatic N) is 2. The standard InChI is InChI=1S/C15H17N3O/c1-16-15-12-4-3-5-13(12)17-14(18-15)10-6-8-11(19-2)9-7-10/h6-9H,3-5H2,1-2H3,(H,16,17,18). The van der Waals surface area contributed by atoms with Gasteiger partial charge in [0.05, 0.1) is 7.11 Å². The molecule has 0 atom stereocenters. The molecule has 0 saturated heterocycles. The van der Waals surface area contributed by atoms with E-state index in [0.717, 1.165) is 35.8 Å². The molecule has 1 aromatic heterocycles. The second-order valence-corrected chi connectivity index (χ2v) is 4.65. The first-order valence-electron chi connectivity index (χ1n) is 6.54. The molecule has 0 saturated carbocycles. The molecular formula is C15H17N3O. The fourth-order valence-electron chi connectivity index (χ4n) is 2.51. The first-order valence-corrected chi connectivity index (χ1v) is 6.54. The van der Waals surface area contributed by atoms with Gasteiger partial charge in [-0.3, -0.25) is 0 Å². The Labute approximate surface area is 112 Å². The van der Waals surface area contributed by atoms with E-state index < -0.39 is 0 Å². The maximum atomic E-state index is 5.17. The molecule has 0 fully saturated rings. The van der Waals surface area contributed by atoms with Gasteiger partial charge >= 0.3 is 0 Å². The molecule has 1 aromatic carbocycles. The topological polar surface area (TPSA) is 47.0 Å². The van der Waals surface area contributed by atoms with E-state index in [9.17, 15) is 0 Å². The molecule has 1 heterocycles. The molecule has 0 spiro atoms. The Morgan fingerprint density at radius 2 is 1.89 bits per heavy atom. The van der Waals surface area contributed by atoms with Crippen molar-refractivity contribution in [3.63, 3.8) is 0 Å². The Kier molecular flexibility index (Phi) is 3.07. The van der Waals surface area contributed by atoms with Crippen LogP contribution >= 0.6 is 0 Å². The van der Waals surface area contributed by atoms with Crippen molar-refractivity contribution >= 4 is 5.82 Å². The van der Waals surface area contributed by atoms with Gasteiger partial charge in [-0.15, -0.1) is 0 Å². The first-order chi connectivity index (χ1) is 9.31. The zero-order chi connectivity index (χ0) is 13.2. The minimum Gasteiger partial charge on any atom is -0.497 e. The predicted octanol–water partition coefficient (Wildman–Crippen LogP) is 2.68. The van der Waals surface area contributed by atoms with E-state index in [2.05, 4.69) is 10.3 Å². The third kappa shape index (κ3) is 2.14. The number of aromatic nitrogens is 2. The van der Waals surface area contributed by atoms with Crippen molar-refractivity contribution in [1.29, 1.82) is 0 Å². The molecule has 3 rings (SSSR count). The van der Waals surface area contributed by atoms with Crippen LogP contribution in [0.3, 0.4) is 0 Å². The van der Waals surface area contributed by atoms with Crippen LogP contribution in [0.1, 0.15) is 17.7 Å². The molecule has 1 aliphatic rings. The van der Waals surface area contributed by atoms with Crippen molar-refractivity contribution in [1.82, 2.24) is 9.97 Å². The molecule has 0 aliphatic heterocycles. The fourth-order valence-corrected chi connectivity index (χ4v) is 2.51.